The van der Waals surface area contributed by atoms with Gasteiger partial charge in [0, 0.05) is 24.5 Å². The van der Waals surface area contributed by atoms with Crippen LogP contribution >= 0.6 is 0 Å². The van der Waals surface area contributed by atoms with Crippen LogP contribution in [0.3, 0.4) is 0 Å². The van der Waals surface area contributed by atoms with E-state index in [-0.39, 0.29) is 0 Å². The molecule has 28 heavy (non-hydrogen) atoms. The molecule has 0 bridgehead atoms. The molecule has 2 aromatic carbocycles. The lowest BCUT2D eigenvalue weighted by molar-refractivity contribution is 0.239. The second-order valence-corrected chi connectivity index (χ2v) is 8.85. The summed E-state index contributed by atoms with van der Waals surface area (Å²) in [5.41, 5.74) is 2.17. The van der Waals surface area contributed by atoms with Gasteiger partial charge in [0.05, 0.1) is 6.26 Å². The molecule has 8 nitrogen and oxygen atoms in total. The van der Waals surface area contributed by atoms with Crippen LogP contribution in [0.1, 0.15) is 5.56 Å². The number of ether oxygens (including phenoxy) is 1. The summed E-state index contributed by atoms with van der Waals surface area (Å²) in [5, 5.41) is 0. The SMILES string of the molecule is CN(CCOc1ccc(NS(C)(=O)=O)cc1)CCc1ccc(N[SH](=O)=O)cc1. The Morgan fingerprint density at radius 1 is 0.964 bits per heavy atom. The average molecular weight is 428 g/mol. The van der Waals surface area contributed by atoms with Crippen LogP contribution in [0.25, 0.3) is 0 Å². The molecule has 2 rings (SSSR count). The first kappa shape index (κ1) is 22.0. The zero-order valence-corrected chi connectivity index (χ0v) is 17.5. The molecule has 0 atom stereocenters. The van der Waals surface area contributed by atoms with Gasteiger partial charge in [-0.15, -0.1) is 0 Å². The molecule has 0 amide bonds. The molecular formula is C18H25N3O5S2. The summed E-state index contributed by atoms with van der Waals surface area (Å²) in [6.07, 6.45) is 1.94. The van der Waals surface area contributed by atoms with E-state index in [9.17, 15) is 16.8 Å². The molecule has 0 fully saturated rings. The molecule has 10 heteroatoms. The van der Waals surface area contributed by atoms with E-state index < -0.39 is 20.9 Å². The number of benzene rings is 2. The van der Waals surface area contributed by atoms with E-state index in [1.807, 2.05) is 19.2 Å². The van der Waals surface area contributed by atoms with Gasteiger partial charge < -0.3 is 9.64 Å². The van der Waals surface area contributed by atoms with Gasteiger partial charge in [-0.25, -0.2) is 16.8 Å². The minimum Gasteiger partial charge on any atom is -0.492 e. The van der Waals surface area contributed by atoms with Crippen molar-refractivity contribution in [2.24, 2.45) is 0 Å². The van der Waals surface area contributed by atoms with Gasteiger partial charge in [-0.2, -0.15) is 0 Å². The lowest BCUT2D eigenvalue weighted by atomic mass is 10.1. The Morgan fingerprint density at radius 3 is 2.14 bits per heavy atom. The van der Waals surface area contributed by atoms with Crippen LogP contribution in [0.2, 0.25) is 0 Å². The van der Waals surface area contributed by atoms with Gasteiger partial charge in [0.15, 0.2) is 0 Å². The fraction of sp³-hybridized carbons (Fsp3) is 0.333. The number of thiol groups is 1. The number of likely N-dealkylation sites (N-methyl/N-ethyl adjacent to an activating group) is 1. The van der Waals surface area contributed by atoms with E-state index in [1.165, 1.54) is 0 Å². The second-order valence-electron chi connectivity index (χ2n) is 6.37. The fourth-order valence-electron chi connectivity index (χ4n) is 2.44. The summed E-state index contributed by atoms with van der Waals surface area (Å²) in [6, 6.07) is 14.0. The van der Waals surface area contributed by atoms with Crippen molar-refractivity contribution in [2.45, 2.75) is 6.42 Å². The predicted octanol–water partition coefficient (Wildman–Crippen LogP) is 1.55. The number of nitrogens with zero attached hydrogens (tertiary/aromatic N) is 1. The van der Waals surface area contributed by atoms with Gasteiger partial charge in [0.2, 0.25) is 20.9 Å². The van der Waals surface area contributed by atoms with Crippen molar-refractivity contribution in [3.63, 3.8) is 0 Å². The number of hydrogen-bond acceptors (Lipinski definition) is 6. The Labute approximate surface area is 167 Å². The van der Waals surface area contributed by atoms with Crippen molar-refractivity contribution < 1.29 is 21.6 Å². The lowest BCUT2D eigenvalue weighted by Crippen LogP contribution is -2.26. The lowest BCUT2D eigenvalue weighted by Gasteiger charge is -2.17. The number of rotatable bonds is 11. The van der Waals surface area contributed by atoms with Crippen LogP contribution < -0.4 is 14.2 Å². The van der Waals surface area contributed by atoms with Crippen LogP contribution in [0.4, 0.5) is 11.4 Å². The summed E-state index contributed by atoms with van der Waals surface area (Å²) in [5.74, 6) is 0.673. The number of sulfonamides is 1. The molecule has 154 valence electrons. The standard InChI is InChI=1S/C18H25N3O5S2/c1-21(12-11-15-3-5-16(6-4-15)19-27(22)23)13-14-26-18-9-7-17(8-10-18)20-28(2,24)25/h3-10,20,27H,11-14H2,1-2H3,(H,19,22,23). The minimum absolute atomic E-state index is 0.496. The molecule has 0 unspecified atom stereocenters. The normalized spacial score (nSPS) is 11.6. The van der Waals surface area contributed by atoms with E-state index in [1.54, 1.807) is 36.4 Å². The maximum absolute atomic E-state index is 11.2. The van der Waals surface area contributed by atoms with Crippen LogP contribution in [0.5, 0.6) is 5.75 Å². The first-order valence-corrected chi connectivity index (χ1v) is 11.7. The Balaban J connectivity index is 1.70. The van der Waals surface area contributed by atoms with E-state index >= 15 is 0 Å². The molecule has 0 aliphatic rings. The summed E-state index contributed by atoms with van der Waals surface area (Å²) in [6.45, 7) is 2.08. The highest BCUT2D eigenvalue weighted by atomic mass is 32.2. The molecule has 2 aromatic rings. The van der Waals surface area contributed by atoms with Crippen molar-refractivity contribution in [1.82, 2.24) is 4.90 Å². The molecule has 0 spiro atoms. The summed E-state index contributed by atoms with van der Waals surface area (Å²) < 4.78 is 54.0. The van der Waals surface area contributed by atoms with Gasteiger partial charge in [-0.3, -0.25) is 9.44 Å². The molecular weight excluding hydrogens is 402 g/mol. The zero-order chi connectivity index (χ0) is 20.6. The predicted molar refractivity (Wildman–Crippen MR) is 112 cm³/mol. The molecule has 0 aliphatic carbocycles. The second kappa shape index (κ2) is 10.3. The van der Waals surface area contributed by atoms with Crippen molar-refractivity contribution in [2.75, 3.05) is 42.4 Å². The topological polar surface area (TPSA) is 105 Å². The van der Waals surface area contributed by atoms with Crippen LogP contribution in [-0.4, -0.2) is 54.7 Å². The number of nitrogens with one attached hydrogen (secondary N) is 2. The third-order valence-electron chi connectivity index (χ3n) is 3.86. The van der Waals surface area contributed by atoms with Crippen LogP contribution in [-0.2, 0) is 27.3 Å². The van der Waals surface area contributed by atoms with Gasteiger partial charge in [-0.1, -0.05) is 12.1 Å². The van der Waals surface area contributed by atoms with Crippen LogP contribution in [0, 0.1) is 0 Å². The summed E-state index contributed by atoms with van der Waals surface area (Å²) in [7, 11) is -3.92. The first-order chi connectivity index (χ1) is 13.2. The van der Waals surface area contributed by atoms with Crippen LogP contribution in [0.15, 0.2) is 48.5 Å². The average Bonchev–Trinajstić information content (AvgIpc) is 2.61. The Kier molecular flexibility index (Phi) is 8.09. The highest BCUT2D eigenvalue weighted by molar-refractivity contribution is 7.92. The zero-order valence-electron chi connectivity index (χ0n) is 15.8. The minimum atomic E-state index is -3.28. The van der Waals surface area contributed by atoms with Crippen molar-refractivity contribution >= 4 is 32.3 Å². The smallest absolute Gasteiger partial charge is 0.229 e. The maximum Gasteiger partial charge on any atom is 0.229 e. The highest BCUT2D eigenvalue weighted by Gasteiger charge is 2.03. The summed E-state index contributed by atoms with van der Waals surface area (Å²) >= 11 is 0. The molecule has 2 N–H and O–H groups in total. The number of hydrogen-bond donors (Lipinski definition) is 3. The number of anilines is 2. The van der Waals surface area contributed by atoms with Gasteiger partial charge in [-0.05, 0) is 55.4 Å². The van der Waals surface area contributed by atoms with E-state index in [0.29, 0.717) is 23.7 Å². The van der Waals surface area contributed by atoms with Crippen molar-refractivity contribution in [3.05, 3.63) is 54.1 Å². The van der Waals surface area contributed by atoms with E-state index in [0.717, 1.165) is 31.3 Å². The molecule has 0 aromatic heterocycles. The Bertz CT molecular complexity index is 919. The van der Waals surface area contributed by atoms with E-state index in [4.69, 9.17) is 4.74 Å². The van der Waals surface area contributed by atoms with Gasteiger partial charge >= 0.3 is 0 Å². The Hall–Kier alpha value is -2.30. The molecule has 0 radical (unpaired) electrons. The molecule has 0 heterocycles. The fourth-order valence-corrected chi connectivity index (χ4v) is 3.36. The third kappa shape index (κ3) is 8.59. The van der Waals surface area contributed by atoms with Gasteiger partial charge in [0.25, 0.3) is 0 Å². The Morgan fingerprint density at radius 2 is 1.57 bits per heavy atom. The molecule has 0 aliphatic heterocycles. The van der Waals surface area contributed by atoms with E-state index in [2.05, 4.69) is 14.3 Å². The third-order valence-corrected chi connectivity index (χ3v) is 4.90. The van der Waals surface area contributed by atoms with Crippen molar-refractivity contribution in [3.8, 4) is 5.75 Å². The largest absolute Gasteiger partial charge is 0.492 e. The maximum atomic E-state index is 11.2. The highest BCUT2D eigenvalue weighted by Crippen LogP contribution is 2.16. The monoisotopic (exact) mass is 427 g/mol. The summed E-state index contributed by atoms with van der Waals surface area (Å²) in [4.78, 5) is 2.14. The first-order valence-electron chi connectivity index (χ1n) is 8.60. The molecule has 0 saturated heterocycles. The molecule has 0 saturated carbocycles. The van der Waals surface area contributed by atoms with Gasteiger partial charge in [0.1, 0.15) is 12.4 Å². The van der Waals surface area contributed by atoms with Crippen molar-refractivity contribution in [1.29, 1.82) is 0 Å². The quantitative estimate of drug-likeness (QED) is 0.470.